The highest BCUT2D eigenvalue weighted by molar-refractivity contribution is 5.84. The number of piperidine rings is 1. The van der Waals surface area contributed by atoms with Crippen LogP contribution in [0.15, 0.2) is 16.5 Å². The average molecular weight is 252 g/mol. The third-order valence-corrected chi connectivity index (χ3v) is 3.47. The molecular formula is C13H20N2O3. The number of rotatable bonds is 5. The number of likely N-dealkylation sites (N-methyl/N-ethyl adjacent to an activating group) is 1. The van der Waals surface area contributed by atoms with Crippen molar-refractivity contribution in [2.75, 3.05) is 20.1 Å². The Balaban J connectivity index is 1.75. The fourth-order valence-electron chi connectivity index (χ4n) is 2.35. The lowest BCUT2D eigenvalue weighted by Crippen LogP contribution is -2.42. The van der Waals surface area contributed by atoms with E-state index in [9.17, 15) is 4.79 Å². The molecule has 5 heteroatoms. The maximum absolute atomic E-state index is 10.7. The maximum atomic E-state index is 10.7. The number of furan rings is 1. The van der Waals surface area contributed by atoms with Crippen LogP contribution < -0.4 is 5.32 Å². The molecule has 0 radical (unpaired) electrons. The van der Waals surface area contributed by atoms with Crippen LogP contribution in [0.4, 0.5) is 0 Å². The predicted octanol–water partition coefficient (Wildman–Crippen LogP) is 1.55. The SMILES string of the molecule is CN1CCCCC1CNCc1ccc(C(=O)O)o1. The molecule has 2 heterocycles. The van der Waals surface area contributed by atoms with E-state index in [0.29, 0.717) is 18.3 Å². The molecule has 0 aromatic carbocycles. The number of carboxylic acid groups (broad SMARTS) is 1. The van der Waals surface area contributed by atoms with Crippen LogP contribution in [-0.2, 0) is 6.54 Å². The van der Waals surface area contributed by atoms with Crippen LogP contribution in [-0.4, -0.2) is 42.2 Å². The third kappa shape index (κ3) is 3.34. The van der Waals surface area contributed by atoms with E-state index in [1.807, 2.05) is 0 Å². The summed E-state index contributed by atoms with van der Waals surface area (Å²) in [6.07, 6.45) is 3.80. The number of nitrogens with zero attached hydrogens (tertiary/aromatic N) is 1. The molecule has 0 amide bonds. The summed E-state index contributed by atoms with van der Waals surface area (Å²) in [6.45, 7) is 2.66. The molecule has 1 atom stereocenters. The largest absolute Gasteiger partial charge is 0.475 e. The topological polar surface area (TPSA) is 65.7 Å². The minimum atomic E-state index is -1.02. The minimum absolute atomic E-state index is 0.00147. The Bertz CT molecular complexity index is 403. The summed E-state index contributed by atoms with van der Waals surface area (Å²) in [5, 5.41) is 12.1. The number of hydrogen-bond donors (Lipinski definition) is 2. The Kier molecular flexibility index (Phi) is 4.38. The third-order valence-electron chi connectivity index (χ3n) is 3.47. The van der Waals surface area contributed by atoms with E-state index in [4.69, 9.17) is 9.52 Å². The van der Waals surface area contributed by atoms with Gasteiger partial charge in [-0.15, -0.1) is 0 Å². The van der Waals surface area contributed by atoms with Gasteiger partial charge in [-0.05, 0) is 38.6 Å². The first kappa shape index (κ1) is 13.1. The smallest absolute Gasteiger partial charge is 0.371 e. The highest BCUT2D eigenvalue weighted by atomic mass is 16.4. The van der Waals surface area contributed by atoms with E-state index in [2.05, 4.69) is 17.3 Å². The highest BCUT2D eigenvalue weighted by Gasteiger charge is 2.18. The molecule has 1 fully saturated rings. The van der Waals surface area contributed by atoms with Crippen molar-refractivity contribution in [1.82, 2.24) is 10.2 Å². The van der Waals surface area contributed by atoms with Crippen molar-refractivity contribution in [2.45, 2.75) is 31.8 Å². The van der Waals surface area contributed by atoms with Gasteiger partial charge in [0.15, 0.2) is 0 Å². The van der Waals surface area contributed by atoms with Crippen molar-refractivity contribution >= 4 is 5.97 Å². The fraction of sp³-hybridized carbons (Fsp3) is 0.615. The van der Waals surface area contributed by atoms with Gasteiger partial charge in [-0.2, -0.15) is 0 Å². The van der Waals surface area contributed by atoms with Crippen molar-refractivity contribution in [3.8, 4) is 0 Å². The average Bonchev–Trinajstić information content (AvgIpc) is 2.80. The van der Waals surface area contributed by atoms with Gasteiger partial charge in [0.2, 0.25) is 5.76 Å². The van der Waals surface area contributed by atoms with Gasteiger partial charge >= 0.3 is 5.97 Å². The molecule has 18 heavy (non-hydrogen) atoms. The second kappa shape index (κ2) is 6.02. The lowest BCUT2D eigenvalue weighted by atomic mass is 10.0. The van der Waals surface area contributed by atoms with E-state index in [1.54, 1.807) is 6.07 Å². The van der Waals surface area contributed by atoms with E-state index < -0.39 is 5.97 Å². The quantitative estimate of drug-likeness (QED) is 0.832. The molecule has 2 rings (SSSR count). The molecular weight excluding hydrogens is 232 g/mol. The van der Waals surface area contributed by atoms with Crippen LogP contribution in [0.5, 0.6) is 0 Å². The predicted molar refractivity (Wildman–Crippen MR) is 67.6 cm³/mol. The summed E-state index contributed by atoms with van der Waals surface area (Å²) in [4.78, 5) is 13.0. The summed E-state index contributed by atoms with van der Waals surface area (Å²) in [5.41, 5.74) is 0. The van der Waals surface area contributed by atoms with Crippen LogP contribution in [0, 0.1) is 0 Å². The second-order valence-electron chi connectivity index (χ2n) is 4.83. The Morgan fingerprint density at radius 2 is 2.39 bits per heavy atom. The molecule has 0 aliphatic carbocycles. The van der Waals surface area contributed by atoms with E-state index in [1.165, 1.54) is 25.3 Å². The number of nitrogens with one attached hydrogen (secondary N) is 1. The van der Waals surface area contributed by atoms with Crippen molar-refractivity contribution < 1.29 is 14.3 Å². The number of aromatic carboxylic acids is 1. The molecule has 5 nitrogen and oxygen atoms in total. The first-order valence-corrected chi connectivity index (χ1v) is 6.40. The Morgan fingerprint density at radius 3 is 3.06 bits per heavy atom. The summed E-state index contributed by atoms with van der Waals surface area (Å²) >= 11 is 0. The number of carbonyl (C=O) groups is 1. The van der Waals surface area contributed by atoms with Crippen molar-refractivity contribution in [3.63, 3.8) is 0 Å². The Hall–Kier alpha value is -1.33. The van der Waals surface area contributed by atoms with E-state index >= 15 is 0 Å². The van der Waals surface area contributed by atoms with Crippen LogP contribution in [0.25, 0.3) is 0 Å². The second-order valence-corrected chi connectivity index (χ2v) is 4.83. The zero-order valence-corrected chi connectivity index (χ0v) is 10.7. The first-order chi connectivity index (χ1) is 8.66. The van der Waals surface area contributed by atoms with Gasteiger partial charge in [-0.25, -0.2) is 4.79 Å². The zero-order valence-electron chi connectivity index (χ0n) is 10.7. The highest BCUT2D eigenvalue weighted by Crippen LogP contribution is 2.14. The summed E-state index contributed by atoms with van der Waals surface area (Å²) < 4.78 is 5.19. The van der Waals surface area contributed by atoms with Crippen LogP contribution in [0.1, 0.15) is 35.6 Å². The van der Waals surface area contributed by atoms with Gasteiger partial charge in [0.1, 0.15) is 5.76 Å². The summed E-state index contributed by atoms with van der Waals surface area (Å²) in [7, 11) is 2.15. The van der Waals surface area contributed by atoms with Gasteiger partial charge in [0.05, 0.1) is 6.54 Å². The molecule has 1 unspecified atom stereocenters. The van der Waals surface area contributed by atoms with Gasteiger partial charge < -0.3 is 19.7 Å². The fourth-order valence-corrected chi connectivity index (χ4v) is 2.35. The zero-order chi connectivity index (χ0) is 13.0. The number of likely N-dealkylation sites (tertiary alicyclic amines) is 1. The number of carboxylic acids is 1. The molecule has 0 bridgehead atoms. The molecule has 1 aliphatic heterocycles. The van der Waals surface area contributed by atoms with Crippen molar-refractivity contribution in [3.05, 3.63) is 23.7 Å². The summed E-state index contributed by atoms with van der Waals surface area (Å²) in [6, 6.07) is 3.78. The first-order valence-electron chi connectivity index (χ1n) is 6.40. The Morgan fingerprint density at radius 1 is 1.56 bits per heavy atom. The standard InChI is InChI=1S/C13H20N2O3/c1-15-7-3-2-4-10(15)8-14-9-11-5-6-12(18-11)13(16)17/h5-6,10,14H,2-4,7-9H2,1H3,(H,16,17). The molecule has 0 saturated carbocycles. The van der Waals surface area contributed by atoms with Gasteiger partial charge in [0.25, 0.3) is 0 Å². The van der Waals surface area contributed by atoms with Crippen LogP contribution in [0.2, 0.25) is 0 Å². The molecule has 1 aromatic heterocycles. The molecule has 1 aliphatic rings. The molecule has 0 spiro atoms. The normalized spacial score (nSPS) is 21.1. The van der Waals surface area contributed by atoms with Crippen LogP contribution >= 0.6 is 0 Å². The van der Waals surface area contributed by atoms with E-state index in [0.717, 1.165) is 13.1 Å². The summed E-state index contributed by atoms with van der Waals surface area (Å²) in [5.74, 6) is -0.347. The molecule has 2 N–H and O–H groups in total. The number of hydrogen-bond acceptors (Lipinski definition) is 4. The minimum Gasteiger partial charge on any atom is -0.475 e. The maximum Gasteiger partial charge on any atom is 0.371 e. The van der Waals surface area contributed by atoms with Crippen molar-refractivity contribution in [1.29, 1.82) is 0 Å². The lowest BCUT2D eigenvalue weighted by Gasteiger charge is -2.32. The molecule has 100 valence electrons. The molecule has 1 saturated heterocycles. The van der Waals surface area contributed by atoms with Gasteiger partial charge in [-0.3, -0.25) is 0 Å². The van der Waals surface area contributed by atoms with E-state index in [-0.39, 0.29) is 5.76 Å². The molecule has 1 aromatic rings. The van der Waals surface area contributed by atoms with Crippen LogP contribution in [0.3, 0.4) is 0 Å². The van der Waals surface area contributed by atoms with Gasteiger partial charge in [0, 0.05) is 12.6 Å². The lowest BCUT2D eigenvalue weighted by molar-refractivity contribution is 0.0660. The Labute approximate surface area is 107 Å². The van der Waals surface area contributed by atoms with Crippen molar-refractivity contribution in [2.24, 2.45) is 0 Å². The monoisotopic (exact) mass is 252 g/mol. The van der Waals surface area contributed by atoms with Gasteiger partial charge in [-0.1, -0.05) is 6.42 Å².